The minimum atomic E-state index is -4.50. The maximum absolute atomic E-state index is 14.1. The van der Waals surface area contributed by atoms with Crippen LogP contribution in [0, 0.1) is 5.92 Å². The summed E-state index contributed by atoms with van der Waals surface area (Å²) >= 11 is 0. The summed E-state index contributed by atoms with van der Waals surface area (Å²) in [5, 5.41) is 8.03. The maximum Gasteiger partial charge on any atom is 0.420 e. The Morgan fingerprint density at radius 3 is 2.60 bits per heavy atom. The van der Waals surface area contributed by atoms with Crippen molar-refractivity contribution in [1.82, 2.24) is 19.5 Å². The first-order valence-corrected chi connectivity index (χ1v) is 10.3. The standard InChI is InChI=1S/C22H23F3N4O/c23-22(24,25)20-17(8-9-29-19(12-15-6-7-15)26-27-21(20)29)13-28-10-11-30-14-18(28)16-4-2-1-3-5-16/h1-5,8-9,15,18H,6-7,10-14H2/t18-/m1/s1. The number of aromatic nitrogens is 3. The second-order valence-corrected chi connectivity index (χ2v) is 8.14. The lowest BCUT2D eigenvalue weighted by atomic mass is 10.0. The first-order chi connectivity index (χ1) is 14.5. The van der Waals surface area contributed by atoms with E-state index in [0.29, 0.717) is 37.9 Å². The van der Waals surface area contributed by atoms with Crippen LogP contribution in [0.15, 0.2) is 42.6 Å². The summed E-state index contributed by atoms with van der Waals surface area (Å²) in [4.78, 5) is 2.06. The van der Waals surface area contributed by atoms with Crippen LogP contribution in [0.25, 0.3) is 5.65 Å². The van der Waals surface area contributed by atoms with Crippen LogP contribution in [0.5, 0.6) is 0 Å². The van der Waals surface area contributed by atoms with Gasteiger partial charge in [-0.25, -0.2) is 0 Å². The van der Waals surface area contributed by atoms with E-state index in [1.807, 2.05) is 30.3 Å². The Hall–Kier alpha value is -2.45. The first-order valence-electron chi connectivity index (χ1n) is 10.3. The number of rotatable bonds is 5. The number of morpholine rings is 1. The molecule has 1 aliphatic heterocycles. The number of hydrogen-bond donors (Lipinski definition) is 0. The van der Waals surface area contributed by atoms with Gasteiger partial charge in [-0.1, -0.05) is 30.3 Å². The molecule has 2 fully saturated rings. The molecule has 0 spiro atoms. The van der Waals surface area contributed by atoms with Gasteiger partial charge >= 0.3 is 6.18 Å². The SMILES string of the molecule is FC(F)(F)c1c(CN2CCOC[C@@H]2c2ccccc2)ccn2c(CC3CC3)nnc12. The average Bonchev–Trinajstić information content (AvgIpc) is 3.47. The zero-order chi connectivity index (χ0) is 20.7. The average molecular weight is 416 g/mol. The van der Waals surface area contributed by atoms with Crippen LogP contribution in [0.4, 0.5) is 13.2 Å². The Morgan fingerprint density at radius 1 is 1.07 bits per heavy atom. The summed E-state index contributed by atoms with van der Waals surface area (Å²) in [5.74, 6) is 1.13. The van der Waals surface area contributed by atoms with Crippen molar-refractivity contribution in [3.05, 3.63) is 65.1 Å². The van der Waals surface area contributed by atoms with Crippen LogP contribution >= 0.6 is 0 Å². The number of hydrogen-bond acceptors (Lipinski definition) is 4. The molecular formula is C22H23F3N4O. The van der Waals surface area contributed by atoms with E-state index in [9.17, 15) is 13.2 Å². The van der Waals surface area contributed by atoms with Crippen LogP contribution in [0.2, 0.25) is 0 Å². The van der Waals surface area contributed by atoms with Crippen molar-refractivity contribution in [2.75, 3.05) is 19.8 Å². The lowest BCUT2D eigenvalue weighted by molar-refractivity contribution is -0.137. The fourth-order valence-electron chi connectivity index (χ4n) is 4.23. The summed E-state index contributed by atoms with van der Waals surface area (Å²) < 4.78 is 49.5. The molecule has 0 bridgehead atoms. The van der Waals surface area contributed by atoms with E-state index in [2.05, 4.69) is 15.1 Å². The monoisotopic (exact) mass is 416 g/mol. The van der Waals surface area contributed by atoms with Gasteiger partial charge < -0.3 is 4.74 Å². The molecule has 158 valence electrons. The lowest BCUT2D eigenvalue weighted by Gasteiger charge is -2.36. The summed E-state index contributed by atoms with van der Waals surface area (Å²) in [6.07, 6.45) is 0.0806. The zero-order valence-corrected chi connectivity index (χ0v) is 16.5. The van der Waals surface area contributed by atoms with E-state index < -0.39 is 11.7 Å². The number of benzene rings is 1. The molecule has 3 heterocycles. The Kier molecular flexibility index (Phi) is 4.99. The molecular weight excluding hydrogens is 393 g/mol. The van der Waals surface area contributed by atoms with E-state index >= 15 is 0 Å². The molecule has 1 saturated heterocycles. The van der Waals surface area contributed by atoms with Crippen molar-refractivity contribution >= 4 is 5.65 Å². The molecule has 5 nitrogen and oxygen atoms in total. The lowest BCUT2D eigenvalue weighted by Crippen LogP contribution is -2.39. The highest BCUT2D eigenvalue weighted by molar-refractivity contribution is 5.53. The van der Waals surface area contributed by atoms with Gasteiger partial charge in [0.15, 0.2) is 5.65 Å². The maximum atomic E-state index is 14.1. The van der Waals surface area contributed by atoms with Gasteiger partial charge in [-0.3, -0.25) is 9.30 Å². The highest BCUT2D eigenvalue weighted by Gasteiger charge is 2.39. The molecule has 30 heavy (non-hydrogen) atoms. The molecule has 1 aromatic carbocycles. The third-order valence-corrected chi connectivity index (χ3v) is 5.98. The first kappa shape index (κ1) is 19.5. The molecule has 1 saturated carbocycles. The molecule has 0 amide bonds. The van der Waals surface area contributed by atoms with Crippen LogP contribution in [0.1, 0.15) is 41.4 Å². The van der Waals surface area contributed by atoms with Gasteiger partial charge in [0.25, 0.3) is 0 Å². The molecule has 2 aromatic heterocycles. The van der Waals surface area contributed by atoms with Gasteiger partial charge in [0.2, 0.25) is 0 Å². The van der Waals surface area contributed by atoms with Crippen molar-refractivity contribution in [1.29, 1.82) is 0 Å². The Morgan fingerprint density at radius 2 is 1.87 bits per heavy atom. The number of halogens is 3. The van der Waals surface area contributed by atoms with Crippen molar-refractivity contribution in [3.63, 3.8) is 0 Å². The van der Waals surface area contributed by atoms with Gasteiger partial charge in [0.1, 0.15) is 11.4 Å². The molecule has 5 rings (SSSR count). The van der Waals surface area contributed by atoms with E-state index in [0.717, 1.165) is 18.4 Å². The van der Waals surface area contributed by atoms with E-state index in [4.69, 9.17) is 4.74 Å². The number of ether oxygens (including phenoxy) is 1. The molecule has 1 aliphatic carbocycles. The van der Waals surface area contributed by atoms with Crippen LogP contribution in [-0.4, -0.2) is 39.3 Å². The quantitative estimate of drug-likeness (QED) is 0.623. The van der Waals surface area contributed by atoms with Gasteiger partial charge in [-0.15, -0.1) is 10.2 Å². The Balaban J connectivity index is 1.51. The predicted molar refractivity (Wildman–Crippen MR) is 105 cm³/mol. The largest absolute Gasteiger partial charge is 0.420 e. The predicted octanol–water partition coefficient (Wildman–Crippen LogP) is 4.27. The summed E-state index contributed by atoms with van der Waals surface area (Å²) in [7, 11) is 0. The van der Waals surface area contributed by atoms with Gasteiger partial charge in [-0.2, -0.15) is 13.2 Å². The minimum absolute atomic E-state index is 0.0828. The summed E-state index contributed by atoms with van der Waals surface area (Å²) in [5.41, 5.74) is 0.488. The molecule has 0 N–H and O–H groups in total. The van der Waals surface area contributed by atoms with Crippen molar-refractivity contribution in [2.45, 2.75) is 38.0 Å². The molecule has 3 aromatic rings. The molecule has 1 atom stereocenters. The number of pyridine rings is 1. The van der Waals surface area contributed by atoms with E-state index in [-0.39, 0.29) is 23.8 Å². The van der Waals surface area contributed by atoms with Crippen LogP contribution in [-0.2, 0) is 23.9 Å². The number of nitrogens with zero attached hydrogens (tertiary/aromatic N) is 4. The summed E-state index contributed by atoms with van der Waals surface area (Å²) in [6, 6.07) is 11.3. The normalized spacial score (nSPS) is 20.7. The van der Waals surface area contributed by atoms with E-state index in [1.165, 1.54) is 4.40 Å². The molecule has 0 radical (unpaired) electrons. The second kappa shape index (κ2) is 7.67. The van der Waals surface area contributed by atoms with Crippen molar-refractivity contribution < 1.29 is 17.9 Å². The van der Waals surface area contributed by atoms with Gasteiger partial charge in [0, 0.05) is 25.7 Å². The molecule has 8 heteroatoms. The summed E-state index contributed by atoms with van der Waals surface area (Å²) in [6.45, 7) is 1.72. The van der Waals surface area contributed by atoms with Crippen LogP contribution in [0.3, 0.4) is 0 Å². The Bertz CT molecular complexity index is 1030. The van der Waals surface area contributed by atoms with Crippen LogP contribution < -0.4 is 0 Å². The molecule has 0 unspecified atom stereocenters. The highest BCUT2D eigenvalue weighted by Crippen LogP contribution is 2.38. The third-order valence-electron chi connectivity index (χ3n) is 5.98. The Labute approximate surface area is 172 Å². The van der Waals surface area contributed by atoms with Crippen molar-refractivity contribution in [2.24, 2.45) is 5.92 Å². The van der Waals surface area contributed by atoms with E-state index in [1.54, 1.807) is 12.3 Å². The topological polar surface area (TPSA) is 42.7 Å². The fourth-order valence-corrected chi connectivity index (χ4v) is 4.23. The zero-order valence-electron chi connectivity index (χ0n) is 16.5. The van der Waals surface area contributed by atoms with Gasteiger partial charge in [-0.05, 0) is 36.0 Å². The minimum Gasteiger partial charge on any atom is -0.378 e. The number of fused-ring (bicyclic) bond motifs is 1. The second-order valence-electron chi connectivity index (χ2n) is 8.14. The highest BCUT2D eigenvalue weighted by atomic mass is 19.4. The van der Waals surface area contributed by atoms with Gasteiger partial charge in [0.05, 0.1) is 19.3 Å². The third kappa shape index (κ3) is 3.81. The molecule has 2 aliphatic rings. The fraction of sp³-hybridized carbons (Fsp3) is 0.455. The van der Waals surface area contributed by atoms with Crippen molar-refractivity contribution in [3.8, 4) is 0 Å². The smallest absolute Gasteiger partial charge is 0.378 e. The number of alkyl halides is 3.